The Morgan fingerprint density at radius 2 is 1.54 bits per heavy atom. The second kappa shape index (κ2) is 7.03. The first-order chi connectivity index (χ1) is 13.6. The first-order valence-electron chi connectivity index (χ1n) is 8.47. The van der Waals surface area contributed by atoms with Crippen molar-refractivity contribution >= 4 is 23.2 Å². The highest BCUT2D eigenvalue weighted by Gasteiger charge is 2.45. The summed E-state index contributed by atoms with van der Waals surface area (Å²) in [7, 11) is 0. The van der Waals surface area contributed by atoms with Gasteiger partial charge in [0.05, 0.1) is 5.57 Å². The molecule has 1 aromatic heterocycles. The van der Waals surface area contributed by atoms with Crippen molar-refractivity contribution in [3.63, 3.8) is 0 Å². The van der Waals surface area contributed by atoms with Crippen molar-refractivity contribution in [3.05, 3.63) is 95.8 Å². The van der Waals surface area contributed by atoms with Crippen LogP contribution in [0.15, 0.2) is 78.8 Å². The second-order valence-electron chi connectivity index (χ2n) is 6.10. The molecule has 28 heavy (non-hydrogen) atoms. The first kappa shape index (κ1) is 17.5. The zero-order chi connectivity index (χ0) is 19.7. The molecule has 0 bridgehead atoms. The van der Waals surface area contributed by atoms with Crippen LogP contribution in [0, 0.1) is 5.82 Å². The maximum atomic E-state index is 14.6. The highest BCUT2D eigenvalue weighted by molar-refractivity contribution is 6.34. The molecule has 0 spiro atoms. The lowest BCUT2D eigenvalue weighted by Gasteiger charge is -2.33. The van der Waals surface area contributed by atoms with E-state index < -0.39 is 29.3 Å². The van der Waals surface area contributed by atoms with Crippen molar-refractivity contribution in [1.82, 2.24) is 9.97 Å². The molecular weight excluding hydrogens is 361 g/mol. The maximum absolute atomic E-state index is 14.6. The predicted octanol–water partition coefficient (Wildman–Crippen LogP) is 3.24. The second-order valence-corrected chi connectivity index (χ2v) is 6.10. The summed E-state index contributed by atoms with van der Waals surface area (Å²) >= 11 is 0. The number of amides is 1. The summed E-state index contributed by atoms with van der Waals surface area (Å²) in [4.78, 5) is 35.3. The monoisotopic (exact) mass is 375 g/mol. The van der Waals surface area contributed by atoms with Gasteiger partial charge in [-0.3, -0.25) is 14.5 Å². The molecular formula is C21H14FN3O3. The number of carbonyl (C=O) groups is 2. The third-order valence-corrected chi connectivity index (χ3v) is 4.44. The number of carbonyl (C=O) groups excluding carboxylic acids is 2. The quantitative estimate of drug-likeness (QED) is 0.760. The van der Waals surface area contributed by atoms with Crippen LogP contribution in [0.2, 0.25) is 0 Å². The number of anilines is 1. The normalized spacial score (nSPS) is 17.2. The van der Waals surface area contributed by atoms with Gasteiger partial charge in [0.2, 0.25) is 5.95 Å². The molecule has 6 nitrogen and oxygen atoms in total. The number of halogens is 1. The van der Waals surface area contributed by atoms with Crippen LogP contribution < -0.4 is 4.90 Å². The van der Waals surface area contributed by atoms with Crippen LogP contribution in [0.5, 0.6) is 0 Å². The van der Waals surface area contributed by atoms with Gasteiger partial charge in [0.15, 0.2) is 11.5 Å². The van der Waals surface area contributed by atoms with E-state index in [1.165, 1.54) is 30.6 Å². The fourth-order valence-electron chi connectivity index (χ4n) is 3.19. The number of benzene rings is 2. The number of aromatic nitrogens is 2. The van der Waals surface area contributed by atoms with Crippen molar-refractivity contribution < 1.29 is 19.1 Å². The molecule has 1 amide bonds. The Morgan fingerprint density at radius 3 is 2.21 bits per heavy atom. The van der Waals surface area contributed by atoms with Crippen LogP contribution in [0.25, 0.3) is 5.57 Å². The number of hydrogen-bond donors (Lipinski definition) is 1. The van der Waals surface area contributed by atoms with Crippen molar-refractivity contribution in [3.8, 4) is 0 Å². The Morgan fingerprint density at radius 1 is 0.893 bits per heavy atom. The van der Waals surface area contributed by atoms with E-state index in [0.29, 0.717) is 5.56 Å². The Hall–Kier alpha value is -3.87. The van der Waals surface area contributed by atoms with E-state index >= 15 is 0 Å². The maximum Gasteiger partial charge on any atom is 0.297 e. The fraction of sp³-hybridized carbons (Fsp3) is 0.0476. The van der Waals surface area contributed by atoms with Gasteiger partial charge in [-0.25, -0.2) is 14.4 Å². The van der Waals surface area contributed by atoms with Gasteiger partial charge in [-0.1, -0.05) is 48.5 Å². The smallest absolute Gasteiger partial charge is 0.297 e. The Kier molecular flexibility index (Phi) is 4.41. The number of Topliss-reactive ketones (excluding diaryl/α,β-unsaturated/α-hetero) is 1. The van der Waals surface area contributed by atoms with Gasteiger partial charge in [-0.15, -0.1) is 0 Å². The molecule has 3 aromatic rings. The molecule has 0 aliphatic carbocycles. The minimum atomic E-state index is -1.35. The lowest BCUT2D eigenvalue weighted by Crippen LogP contribution is -2.46. The molecule has 2 aromatic carbocycles. The highest BCUT2D eigenvalue weighted by Crippen LogP contribution is 2.38. The lowest BCUT2D eigenvalue weighted by atomic mass is 9.87. The molecule has 1 unspecified atom stereocenters. The molecule has 2 heterocycles. The van der Waals surface area contributed by atoms with Crippen LogP contribution in [0.1, 0.15) is 17.2 Å². The fourth-order valence-corrected chi connectivity index (χ4v) is 3.19. The Bertz CT molecular complexity index is 1080. The van der Waals surface area contributed by atoms with Gasteiger partial charge in [0, 0.05) is 18.0 Å². The summed E-state index contributed by atoms with van der Waals surface area (Å²) in [6.07, 6.45) is 2.79. The third-order valence-electron chi connectivity index (χ3n) is 4.44. The van der Waals surface area contributed by atoms with Gasteiger partial charge in [-0.05, 0) is 17.7 Å². The van der Waals surface area contributed by atoms with Gasteiger partial charge >= 0.3 is 0 Å². The average molecular weight is 375 g/mol. The molecule has 0 radical (unpaired) electrons. The van der Waals surface area contributed by atoms with Crippen molar-refractivity contribution in [2.45, 2.75) is 6.04 Å². The van der Waals surface area contributed by atoms with Crippen LogP contribution >= 0.6 is 0 Å². The van der Waals surface area contributed by atoms with Crippen LogP contribution in [0.4, 0.5) is 10.3 Å². The first-order valence-corrected chi connectivity index (χ1v) is 8.47. The minimum absolute atomic E-state index is 0.00534. The van der Waals surface area contributed by atoms with E-state index in [0.717, 1.165) is 4.90 Å². The number of hydrogen-bond acceptors (Lipinski definition) is 5. The largest absolute Gasteiger partial charge is 0.502 e. The SMILES string of the molecule is O=C1C(c2ccccc2)=C(O)C(=O)N(c2ncccn2)C1c1ccccc1F. The van der Waals surface area contributed by atoms with Gasteiger partial charge in [0.25, 0.3) is 5.91 Å². The van der Waals surface area contributed by atoms with Crippen molar-refractivity contribution in [1.29, 1.82) is 0 Å². The summed E-state index contributed by atoms with van der Waals surface area (Å²) in [5, 5.41) is 10.5. The Labute approximate surface area is 159 Å². The van der Waals surface area contributed by atoms with Gasteiger partial charge in [0.1, 0.15) is 11.9 Å². The van der Waals surface area contributed by atoms with E-state index in [4.69, 9.17) is 0 Å². The summed E-state index contributed by atoms with van der Waals surface area (Å²) in [5.41, 5.74) is 0.202. The average Bonchev–Trinajstić information content (AvgIpc) is 2.73. The van der Waals surface area contributed by atoms with Crippen LogP contribution in [-0.2, 0) is 9.59 Å². The molecule has 0 fully saturated rings. The van der Waals surface area contributed by atoms with Crippen LogP contribution in [0.3, 0.4) is 0 Å². The Balaban J connectivity index is 1.96. The summed E-state index contributed by atoms with van der Waals surface area (Å²) < 4.78 is 14.6. The van der Waals surface area contributed by atoms with E-state index in [9.17, 15) is 19.1 Å². The van der Waals surface area contributed by atoms with Crippen molar-refractivity contribution in [2.24, 2.45) is 0 Å². The molecule has 138 valence electrons. The number of ketones is 1. The molecule has 4 rings (SSSR count). The molecule has 7 heteroatoms. The molecule has 1 N–H and O–H groups in total. The van der Waals surface area contributed by atoms with E-state index in [-0.39, 0.29) is 17.1 Å². The van der Waals surface area contributed by atoms with Crippen LogP contribution in [-0.4, -0.2) is 26.8 Å². The minimum Gasteiger partial charge on any atom is -0.502 e. The molecule has 1 aliphatic rings. The molecule has 0 saturated carbocycles. The predicted molar refractivity (Wildman–Crippen MR) is 99.7 cm³/mol. The van der Waals surface area contributed by atoms with E-state index in [1.54, 1.807) is 42.5 Å². The zero-order valence-electron chi connectivity index (χ0n) is 14.5. The summed E-state index contributed by atoms with van der Waals surface area (Å²) in [5.74, 6) is -2.98. The van der Waals surface area contributed by atoms with E-state index in [1.807, 2.05) is 0 Å². The standard InChI is InChI=1S/C21H14FN3O3/c22-15-10-5-4-9-14(15)17-18(26)16(13-7-2-1-3-8-13)19(27)20(28)25(17)21-23-11-6-12-24-21/h1-12,17,27H. The molecule has 1 atom stereocenters. The zero-order valence-corrected chi connectivity index (χ0v) is 14.5. The number of aliphatic hydroxyl groups excluding tert-OH is 1. The topological polar surface area (TPSA) is 83.4 Å². The van der Waals surface area contributed by atoms with E-state index in [2.05, 4.69) is 9.97 Å². The summed E-state index contributed by atoms with van der Waals surface area (Å²) in [6.45, 7) is 0. The van der Waals surface area contributed by atoms with Crippen molar-refractivity contribution in [2.75, 3.05) is 4.90 Å². The lowest BCUT2D eigenvalue weighted by molar-refractivity contribution is -0.124. The molecule has 0 saturated heterocycles. The molecule has 1 aliphatic heterocycles. The summed E-state index contributed by atoms with van der Waals surface area (Å²) in [6, 6.07) is 14.2. The third kappa shape index (κ3) is 2.83. The van der Waals surface area contributed by atoms with Gasteiger partial charge in [-0.2, -0.15) is 0 Å². The van der Waals surface area contributed by atoms with Gasteiger partial charge < -0.3 is 5.11 Å². The number of aliphatic hydroxyl groups is 1. The number of nitrogens with zero attached hydrogens (tertiary/aromatic N) is 3. The highest BCUT2D eigenvalue weighted by atomic mass is 19.1. The number of rotatable bonds is 3.